The molecule has 0 radical (unpaired) electrons. The van der Waals surface area contributed by atoms with Gasteiger partial charge in [-0.2, -0.15) is 8.78 Å². The van der Waals surface area contributed by atoms with E-state index in [4.69, 9.17) is 0 Å². The molecule has 8 heteroatoms. The molecule has 0 spiro atoms. The molecule has 3 aromatic rings. The third-order valence-electron chi connectivity index (χ3n) is 7.33. The Hall–Kier alpha value is -3.91. The molecular weight excluding hydrogens is 522 g/mol. The Morgan fingerprint density at radius 2 is 1.80 bits per heavy atom. The highest BCUT2D eigenvalue weighted by Crippen LogP contribution is 2.43. The van der Waals surface area contributed by atoms with Crippen molar-refractivity contribution in [2.24, 2.45) is 0 Å². The molecule has 0 amide bonds. The van der Waals surface area contributed by atoms with Gasteiger partial charge >= 0.3 is 12.6 Å². The second kappa shape index (κ2) is 12.1. The minimum absolute atomic E-state index is 0.164. The van der Waals surface area contributed by atoms with Crippen LogP contribution in [-0.4, -0.2) is 48.9 Å². The van der Waals surface area contributed by atoms with E-state index < -0.39 is 24.1 Å². The SMILES string of the molecule is O=C(O)c1ccc2c(c1)CCCC(c1cccc(F)c1OC(F)F)=C2c1ccc(C=C2CN(CCCF)C2)cc1. The topological polar surface area (TPSA) is 49.8 Å². The highest BCUT2D eigenvalue weighted by molar-refractivity contribution is 6.01. The van der Waals surface area contributed by atoms with Gasteiger partial charge in [0.2, 0.25) is 0 Å². The van der Waals surface area contributed by atoms with Crippen molar-refractivity contribution >= 4 is 23.2 Å². The highest BCUT2D eigenvalue weighted by atomic mass is 19.3. The van der Waals surface area contributed by atoms with Gasteiger partial charge in [0.05, 0.1) is 12.2 Å². The first-order valence-corrected chi connectivity index (χ1v) is 13.3. The van der Waals surface area contributed by atoms with Gasteiger partial charge in [0.1, 0.15) is 0 Å². The van der Waals surface area contributed by atoms with E-state index in [1.54, 1.807) is 18.2 Å². The Morgan fingerprint density at radius 1 is 1.02 bits per heavy atom. The van der Waals surface area contributed by atoms with Gasteiger partial charge in [0.15, 0.2) is 11.6 Å². The Balaban J connectivity index is 1.59. The molecule has 1 heterocycles. The summed E-state index contributed by atoms with van der Waals surface area (Å²) in [6.45, 7) is -1.15. The highest BCUT2D eigenvalue weighted by Gasteiger charge is 2.25. The average molecular weight is 552 g/mol. The number of carbonyl (C=O) groups is 1. The van der Waals surface area contributed by atoms with Crippen LogP contribution < -0.4 is 4.74 Å². The van der Waals surface area contributed by atoms with Crippen molar-refractivity contribution < 1.29 is 32.2 Å². The number of carboxylic acid groups (broad SMARTS) is 1. The second-order valence-electron chi connectivity index (χ2n) is 10.1. The normalized spacial score (nSPS) is 15.5. The van der Waals surface area contributed by atoms with Crippen molar-refractivity contribution in [1.29, 1.82) is 0 Å². The van der Waals surface area contributed by atoms with Crippen molar-refractivity contribution in [1.82, 2.24) is 4.90 Å². The maximum absolute atomic E-state index is 14.8. The van der Waals surface area contributed by atoms with Crippen LogP contribution in [0.25, 0.3) is 17.2 Å². The number of nitrogens with zero attached hydrogens (tertiary/aromatic N) is 1. The number of likely N-dealkylation sites (tertiary alicyclic amines) is 1. The third kappa shape index (κ3) is 5.97. The van der Waals surface area contributed by atoms with Gasteiger partial charge in [0.25, 0.3) is 0 Å². The van der Waals surface area contributed by atoms with Crippen LogP contribution in [0, 0.1) is 5.82 Å². The van der Waals surface area contributed by atoms with Crippen molar-refractivity contribution in [2.45, 2.75) is 32.3 Å². The molecule has 5 rings (SSSR count). The van der Waals surface area contributed by atoms with Gasteiger partial charge < -0.3 is 9.84 Å². The molecule has 0 saturated carbocycles. The lowest BCUT2D eigenvalue weighted by atomic mass is 9.86. The maximum atomic E-state index is 14.8. The van der Waals surface area contributed by atoms with E-state index in [1.807, 2.05) is 24.3 Å². The smallest absolute Gasteiger partial charge is 0.387 e. The minimum Gasteiger partial charge on any atom is -0.478 e. The van der Waals surface area contributed by atoms with Crippen LogP contribution in [-0.2, 0) is 6.42 Å². The van der Waals surface area contributed by atoms with Gasteiger partial charge in [-0.15, -0.1) is 0 Å². The number of carboxylic acids is 1. The summed E-state index contributed by atoms with van der Waals surface area (Å²) in [6, 6.07) is 16.9. The van der Waals surface area contributed by atoms with Crippen LogP contribution in [0.15, 0.2) is 66.2 Å². The standard InChI is InChI=1S/C32H29F4NO3/c33-14-3-15-37-18-21(19-37)16-20-8-10-22(11-9-20)29-25-13-12-24(31(38)39)17-23(25)4-1-5-26(29)27-6-2-7-28(34)30(27)40-32(35)36/h2,6-13,16-17,32H,1,3-5,14-15,18-19H2,(H,38,39). The zero-order chi connectivity index (χ0) is 28.2. The van der Waals surface area contributed by atoms with Crippen molar-refractivity contribution in [3.8, 4) is 5.75 Å². The first kappa shape index (κ1) is 27.6. The number of aryl methyl sites for hydroxylation is 1. The summed E-state index contributed by atoms with van der Waals surface area (Å²) in [5.74, 6) is -2.41. The summed E-state index contributed by atoms with van der Waals surface area (Å²) < 4.78 is 58.4. The molecule has 1 aliphatic heterocycles. The molecule has 40 heavy (non-hydrogen) atoms. The number of para-hydroxylation sites is 1. The molecule has 2 aliphatic rings. The summed E-state index contributed by atoms with van der Waals surface area (Å²) in [7, 11) is 0. The van der Waals surface area contributed by atoms with Gasteiger partial charge in [-0.3, -0.25) is 9.29 Å². The summed E-state index contributed by atoms with van der Waals surface area (Å²) in [5, 5.41) is 9.54. The van der Waals surface area contributed by atoms with Crippen LogP contribution in [0.4, 0.5) is 17.6 Å². The number of ether oxygens (including phenoxy) is 1. The Bertz CT molecular complexity index is 1460. The lowest BCUT2D eigenvalue weighted by Crippen LogP contribution is -2.40. The van der Waals surface area contributed by atoms with E-state index in [0.29, 0.717) is 31.3 Å². The fourth-order valence-electron chi connectivity index (χ4n) is 5.52. The zero-order valence-corrected chi connectivity index (χ0v) is 21.8. The Kier molecular flexibility index (Phi) is 8.35. The van der Waals surface area contributed by atoms with Crippen LogP contribution in [0.3, 0.4) is 0 Å². The van der Waals surface area contributed by atoms with E-state index in [0.717, 1.165) is 53.5 Å². The first-order valence-electron chi connectivity index (χ1n) is 13.3. The molecule has 1 saturated heterocycles. The number of allylic oxidation sites excluding steroid dienone is 1. The van der Waals surface area contributed by atoms with E-state index in [2.05, 4.69) is 15.7 Å². The summed E-state index contributed by atoms with van der Waals surface area (Å²) >= 11 is 0. The molecule has 1 fully saturated rings. The van der Waals surface area contributed by atoms with Crippen LogP contribution in [0.5, 0.6) is 5.75 Å². The van der Waals surface area contributed by atoms with E-state index in [9.17, 15) is 27.5 Å². The summed E-state index contributed by atoms with van der Waals surface area (Å²) in [5.41, 5.74) is 6.45. The molecule has 0 bridgehead atoms. The molecule has 208 valence electrons. The fourth-order valence-corrected chi connectivity index (χ4v) is 5.52. The fraction of sp³-hybridized carbons (Fsp3) is 0.281. The molecule has 3 aromatic carbocycles. The number of benzene rings is 3. The Labute approximate surface area is 230 Å². The van der Waals surface area contributed by atoms with Gasteiger partial charge in [-0.25, -0.2) is 9.18 Å². The number of hydrogen-bond donors (Lipinski definition) is 1. The maximum Gasteiger partial charge on any atom is 0.387 e. The lowest BCUT2D eigenvalue weighted by molar-refractivity contribution is -0.0523. The van der Waals surface area contributed by atoms with Crippen molar-refractivity contribution in [3.63, 3.8) is 0 Å². The number of fused-ring (bicyclic) bond motifs is 1. The monoisotopic (exact) mass is 551 g/mol. The molecule has 0 aromatic heterocycles. The van der Waals surface area contributed by atoms with Gasteiger partial charge in [0, 0.05) is 25.2 Å². The van der Waals surface area contributed by atoms with E-state index >= 15 is 0 Å². The number of rotatable bonds is 9. The number of aromatic carboxylic acids is 1. The molecule has 1 N–H and O–H groups in total. The van der Waals surface area contributed by atoms with E-state index in [-0.39, 0.29) is 17.8 Å². The largest absolute Gasteiger partial charge is 0.478 e. The third-order valence-corrected chi connectivity index (χ3v) is 7.33. The minimum atomic E-state index is -3.19. The van der Waals surface area contributed by atoms with Crippen LogP contribution in [0.1, 0.15) is 57.4 Å². The van der Waals surface area contributed by atoms with E-state index in [1.165, 1.54) is 17.7 Å². The number of halogens is 4. The van der Waals surface area contributed by atoms with Crippen molar-refractivity contribution in [2.75, 3.05) is 26.3 Å². The predicted molar refractivity (Wildman–Crippen MR) is 147 cm³/mol. The van der Waals surface area contributed by atoms with Gasteiger partial charge in [-0.1, -0.05) is 48.5 Å². The summed E-state index contributed by atoms with van der Waals surface area (Å²) in [4.78, 5) is 13.8. The van der Waals surface area contributed by atoms with Crippen LogP contribution in [0.2, 0.25) is 0 Å². The molecule has 4 nitrogen and oxygen atoms in total. The first-order chi connectivity index (χ1) is 19.3. The van der Waals surface area contributed by atoms with Crippen LogP contribution >= 0.6 is 0 Å². The average Bonchev–Trinajstić information content (AvgIpc) is 3.10. The molecule has 0 unspecified atom stereocenters. The zero-order valence-electron chi connectivity index (χ0n) is 21.8. The number of hydrogen-bond acceptors (Lipinski definition) is 3. The molecular formula is C32H29F4NO3. The lowest BCUT2D eigenvalue weighted by Gasteiger charge is -2.33. The summed E-state index contributed by atoms with van der Waals surface area (Å²) in [6.07, 6.45) is 4.28. The Morgan fingerprint density at radius 3 is 2.50 bits per heavy atom. The second-order valence-corrected chi connectivity index (χ2v) is 10.1. The van der Waals surface area contributed by atoms with Crippen molar-refractivity contribution in [3.05, 3.63) is 105 Å². The quantitative estimate of drug-likeness (QED) is 0.280. The molecule has 0 atom stereocenters. The predicted octanol–water partition coefficient (Wildman–Crippen LogP) is 7.48. The molecule has 1 aliphatic carbocycles. The van der Waals surface area contributed by atoms with Gasteiger partial charge in [-0.05, 0) is 82.9 Å². The number of alkyl halides is 3.